The highest BCUT2D eigenvalue weighted by Gasteiger charge is 2.00. The number of benzene rings is 1. The van der Waals surface area contributed by atoms with Gasteiger partial charge >= 0.3 is 0 Å². The number of rotatable bonds is 4. The summed E-state index contributed by atoms with van der Waals surface area (Å²) in [6, 6.07) is 8.26. The van der Waals surface area contributed by atoms with Crippen molar-refractivity contribution in [2.75, 3.05) is 0 Å². The molecule has 13 heavy (non-hydrogen) atoms. The second kappa shape index (κ2) is 4.80. The van der Waals surface area contributed by atoms with Gasteiger partial charge in [-0.1, -0.05) is 38.1 Å². The quantitative estimate of drug-likeness (QED) is 0.689. The Morgan fingerprint density at radius 1 is 1.23 bits per heavy atom. The summed E-state index contributed by atoms with van der Waals surface area (Å²) in [5.74, 6) is 0.313. The Labute approximate surface area is 79.8 Å². The maximum absolute atomic E-state index is 11.2. The molecule has 0 unspecified atom stereocenters. The molecule has 0 spiro atoms. The van der Waals surface area contributed by atoms with Crippen LogP contribution >= 0.6 is 0 Å². The van der Waals surface area contributed by atoms with Crippen LogP contribution in [0.1, 0.15) is 31.4 Å². The van der Waals surface area contributed by atoms with E-state index < -0.39 is 0 Å². The van der Waals surface area contributed by atoms with Crippen molar-refractivity contribution in [3.8, 4) is 0 Å². The third-order valence-electron chi connectivity index (χ3n) is 2.20. The van der Waals surface area contributed by atoms with Crippen LogP contribution < -0.4 is 0 Å². The van der Waals surface area contributed by atoms with Crippen molar-refractivity contribution in [3.05, 3.63) is 35.4 Å². The van der Waals surface area contributed by atoms with Gasteiger partial charge < -0.3 is 0 Å². The highest BCUT2D eigenvalue weighted by Crippen LogP contribution is 2.07. The van der Waals surface area contributed by atoms with Gasteiger partial charge in [0.2, 0.25) is 0 Å². The molecule has 1 nitrogen and oxygen atoms in total. The van der Waals surface area contributed by atoms with Crippen LogP contribution in [0.25, 0.3) is 0 Å². The molecule has 0 atom stereocenters. The van der Waals surface area contributed by atoms with Gasteiger partial charge in [0.15, 0.2) is 0 Å². The Balaban J connectivity index is 2.71. The molecule has 0 aliphatic heterocycles. The number of hydrogen-bond acceptors (Lipinski definition) is 1. The summed E-state index contributed by atoms with van der Waals surface area (Å²) in [5.41, 5.74) is 2.45. The summed E-state index contributed by atoms with van der Waals surface area (Å²) in [4.78, 5) is 11.2. The molecule has 0 heterocycles. The first-order chi connectivity index (χ1) is 6.26. The minimum absolute atomic E-state index is 0.313. The maximum atomic E-state index is 11.2. The zero-order chi connectivity index (χ0) is 9.68. The van der Waals surface area contributed by atoms with E-state index in [4.69, 9.17) is 0 Å². The Morgan fingerprint density at radius 2 is 1.92 bits per heavy atom. The first-order valence-corrected chi connectivity index (χ1v) is 4.85. The highest BCUT2D eigenvalue weighted by atomic mass is 16.1. The smallest absolute Gasteiger partial charge is 0.136 e. The van der Waals surface area contributed by atoms with Gasteiger partial charge in [-0.15, -0.1) is 0 Å². The second-order valence-electron chi connectivity index (χ2n) is 3.24. The number of hydrogen-bond donors (Lipinski definition) is 0. The van der Waals surface area contributed by atoms with Crippen LogP contribution in [-0.2, 0) is 17.6 Å². The van der Waals surface area contributed by atoms with Crippen LogP contribution in [0.5, 0.6) is 0 Å². The number of aryl methyl sites for hydroxylation is 1. The molecule has 70 valence electrons. The van der Waals surface area contributed by atoms with E-state index in [1.165, 1.54) is 5.56 Å². The Bertz CT molecular complexity index is 289. The second-order valence-corrected chi connectivity index (χ2v) is 3.24. The van der Waals surface area contributed by atoms with Gasteiger partial charge in [0, 0.05) is 12.8 Å². The molecular weight excluding hydrogens is 160 g/mol. The van der Waals surface area contributed by atoms with Crippen molar-refractivity contribution in [1.82, 2.24) is 0 Å². The average Bonchev–Trinajstić information content (AvgIpc) is 2.18. The van der Waals surface area contributed by atoms with E-state index in [1.54, 1.807) is 0 Å². The van der Waals surface area contributed by atoms with Crippen LogP contribution in [-0.4, -0.2) is 5.78 Å². The topological polar surface area (TPSA) is 17.1 Å². The lowest BCUT2D eigenvalue weighted by molar-refractivity contribution is -0.118. The van der Waals surface area contributed by atoms with Gasteiger partial charge in [-0.3, -0.25) is 4.79 Å². The molecule has 1 heteroatoms. The predicted octanol–water partition coefficient (Wildman–Crippen LogP) is 2.77. The lowest BCUT2D eigenvalue weighted by atomic mass is 10.0. The summed E-state index contributed by atoms with van der Waals surface area (Å²) in [5, 5.41) is 0. The Kier molecular flexibility index (Phi) is 3.69. The molecular formula is C12H16O. The lowest BCUT2D eigenvalue weighted by Gasteiger charge is -2.01. The van der Waals surface area contributed by atoms with Crippen molar-refractivity contribution in [1.29, 1.82) is 0 Å². The van der Waals surface area contributed by atoms with Gasteiger partial charge in [0.05, 0.1) is 0 Å². The van der Waals surface area contributed by atoms with Crippen LogP contribution in [0.15, 0.2) is 24.3 Å². The van der Waals surface area contributed by atoms with E-state index in [0.717, 1.165) is 12.0 Å². The number of Topliss-reactive ketones (excluding diaryl/α,β-unsaturated/α-hetero) is 1. The summed E-state index contributed by atoms with van der Waals surface area (Å²) in [7, 11) is 0. The largest absolute Gasteiger partial charge is 0.299 e. The molecule has 0 aliphatic carbocycles. The molecule has 1 aromatic rings. The predicted molar refractivity (Wildman–Crippen MR) is 54.8 cm³/mol. The van der Waals surface area contributed by atoms with E-state index >= 15 is 0 Å². The molecule has 0 radical (unpaired) electrons. The molecule has 0 fully saturated rings. The van der Waals surface area contributed by atoms with Crippen LogP contribution in [0, 0.1) is 0 Å². The van der Waals surface area contributed by atoms with Gasteiger partial charge in [-0.25, -0.2) is 0 Å². The minimum atomic E-state index is 0.313. The van der Waals surface area contributed by atoms with Crippen molar-refractivity contribution in [2.24, 2.45) is 0 Å². The number of ketones is 1. The van der Waals surface area contributed by atoms with Gasteiger partial charge in [0.25, 0.3) is 0 Å². The molecule has 0 amide bonds. The molecule has 0 N–H and O–H groups in total. The van der Waals surface area contributed by atoms with E-state index in [2.05, 4.69) is 19.1 Å². The summed E-state index contributed by atoms with van der Waals surface area (Å²) >= 11 is 0. The van der Waals surface area contributed by atoms with Gasteiger partial charge in [0.1, 0.15) is 5.78 Å². The summed E-state index contributed by atoms with van der Waals surface area (Å²) < 4.78 is 0. The van der Waals surface area contributed by atoms with E-state index in [0.29, 0.717) is 18.6 Å². The lowest BCUT2D eigenvalue weighted by Crippen LogP contribution is -2.00. The zero-order valence-electron chi connectivity index (χ0n) is 8.34. The molecule has 0 aromatic heterocycles. The van der Waals surface area contributed by atoms with Crippen molar-refractivity contribution in [3.63, 3.8) is 0 Å². The molecule has 0 aliphatic rings. The molecule has 1 aromatic carbocycles. The number of carbonyl (C=O) groups excluding carboxylic acids is 1. The molecule has 0 saturated heterocycles. The van der Waals surface area contributed by atoms with Gasteiger partial charge in [-0.05, 0) is 17.5 Å². The Morgan fingerprint density at radius 3 is 2.54 bits per heavy atom. The molecule has 1 rings (SSSR count). The molecule has 0 saturated carbocycles. The SMILES string of the molecule is CCC(=O)Cc1cccc(CC)c1. The maximum Gasteiger partial charge on any atom is 0.136 e. The average molecular weight is 176 g/mol. The zero-order valence-corrected chi connectivity index (χ0v) is 8.34. The monoisotopic (exact) mass is 176 g/mol. The highest BCUT2D eigenvalue weighted by molar-refractivity contribution is 5.80. The first-order valence-electron chi connectivity index (χ1n) is 4.85. The number of carbonyl (C=O) groups is 1. The van der Waals surface area contributed by atoms with Crippen LogP contribution in [0.4, 0.5) is 0 Å². The molecule has 0 bridgehead atoms. The summed E-state index contributed by atoms with van der Waals surface area (Å²) in [6.07, 6.45) is 2.26. The van der Waals surface area contributed by atoms with E-state index in [9.17, 15) is 4.79 Å². The van der Waals surface area contributed by atoms with Crippen LogP contribution in [0.2, 0.25) is 0 Å². The third kappa shape index (κ3) is 3.02. The normalized spacial score (nSPS) is 10.0. The fourth-order valence-corrected chi connectivity index (χ4v) is 1.31. The summed E-state index contributed by atoms with van der Waals surface area (Å²) in [6.45, 7) is 4.03. The van der Waals surface area contributed by atoms with Crippen molar-refractivity contribution < 1.29 is 4.79 Å². The third-order valence-corrected chi connectivity index (χ3v) is 2.20. The van der Waals surface area contributed by atoms with E-state index in [1.807, 2.05) is 19.1 Å². The van der Waals surface area contributed by atoms with Crippen molar-refractivity contribution >= 4 is 5.78 Å². The van der Waals surface area contributed by atoms with Gasteiger partial charge in [-0.2, -0.15) is 0 Å². The first kappa shape index (κ1) is 9.97. The minimum Gasteiger partial charge on any atom is -0.299 e. The fourth-order valence-electron chi connectivity index (χ4n) is 1.31. The standard InChI is InChI=1S/C12H16O/c1-3-10-6-5-7-11(8-10)9-12(13)4-2/h5-8H,3-4,9H2,1-2H3. The van der Waals surface area contributed by atoms with E-state index in [-0.39, 0.29) is 0 Å². The fraction of sp³-hybridized carbons (Fsp3) is 0.417. The van der Waals surface area contributed by atoms with Crippen LogP contribution in [0.3, 0.4) is 0 Å². The Hall–Kier alpha value is -1.11. The van der Waals surface area contributed by atoms with Crippen molar-refractivity contribution in [2.45, 2.75) is 33.1 Å².